The van der Waals surface area contributed by atoms with Crippen LogP contribution in [-0.2, 0) is 20.7 Å². The van der Waals surface area contributed by atoms with Crippen molar-refractivity contribution >= 4 is 23.6 Å². The van der Waals surface area contributed by atoms with Gasteiger partial charge in [-0.15, -0.1) is 0 Å². The molecular weight excluding hydrogens is 562 g/mol. The largest absolute Gasteiger partial charge is 0.444 e. The molecule has 0 heterocycles. The summed E-state index contributed by atoms with van der Waals surface area (Å²) in [6.07, 6.45) is 3.28. The molecule has 0 aromatic heterocycles. The highest BCUT2D eigenvalue weighted by Gasteiger charge is 2.37. The molecule has 3 amide bonds. The zero-order chi connectivity index (χ0) is 33.1. The molecule has 45 heavy (non-hydrogen) atoms. The van der Waals surface area contributed by atoms with Crippen molar-refractivity contribution in [3.05, 3.63) is 100 Å². The molecule has 0 bridgehead atoms. The zero-order valence-corrected chi connectivity index (χ0v) is 28.3. The number of ether oxygens (including phenoxy) is 1. The lowest BCUT2D eigenvalue weighted by Crippen LogP contribution is -2.53. The summed E-state index contributed by atoms with van der Waals surface area (Å²) in [6.45, 7) is 15.7. The second kappa shape index (κ2) is 16.3. The van der Waals surface area contributed by atoms with E-state index in [4.69, 9.17) is 4.74 Å². The summed E-state index contributed by atoms with van der Waals surface area (Å²) >= 11 is 0. The second-order valence-corrected chi connectivity index (χ2v) is 12.9. The van der Waals surface area contributed by atoms with Crippen molar-refractivity contribution in [3.63, 3.8) is 0 Å². The first-order chi connectivity index (χ1) is 21.3. The summed E-state index contributed by atoms with van der Waals surface area (Å²) in [4.78, 5) is 44.1. The molecule has 0 saturated carbocycles. The Morgan fingerprint density at radius 1 is 0.778 bits per heavy atom. The lowest BCUT2D eigenvalue weighted by atomic mass is 9.92. The van der Waals surface area contributed by atoms with E-state index in [0.29, 0.717) is 6.54 Å². The van der Waals surface area contributed by atoms with Crippen LogP contribution in [0.15, 0.2) is 66.7 Å². The summed E-state index contributed by atoms with van der Waals surface area (Å²) in [5.74, 6) is -0.616. The first-order valence-corrected chi connectivity index (χ1v) is 16.1. The molecule has 7 heteroatoms. The van der Waals surface area contributed by atoms with E-state index in [1.165, 1.54) is 0 Å². The number of nitrogens with zero attached hydrogens (tertiary/aromatic N) is 1. The maximum Gasteiger partial charge on any atom is 0.408 e. The van der Waals surface area contributed by atoms with E-state index in [1.807, 2.05) is 94.4 Å². The van der Waals surface area contributed by atoms with Crippen LogP contribution in [0.3, 0.4) is 0 Å². The number of anilines is 1. The van der Waals surface area contributed by atoms with Gasteiger partial charge in [0.15, 0.2) is 0 Å². The van der Waals surface area contributed by atoms with Crippen molar-refractivity contribution in [3.8, 4) is 0 Å². The number of benzene rings is 3. The quantitative estimate of drug-likeness (QED) is 0.191. The van der Waals surface area contributed by atoms with Gasteiger partial charge in [-0.3, -0.25) is 9.59 Å². The Morgan fingerprint density at radius 2 is 1.36 bits per heavy atom. The molecule has 7 nitrogen and oxygen atoms in total. The monoisotopic (exact) mass is 613 g/mol. The number of unbranched alkanes of at least 4 members (excludes halogenated alkanes) is 3. The fourth-order valence-electron chi connectivity index (χ4n) is 5.67. The Morgan fingerprint density at radius 3 is 1.91 bits per heavy atom. The van der Waals surface area contributed by atoms with E-state index in [2.05, 4.69) is 17.6 Å². The third kappa shape index (κ3) is 10.2. The Hall–Kier alpha value is -4.13. The van der Waals surface area contributed by atoms with Crippen LogP contribution >= 0.6 is 0 Å². The number of alkyl carbamates (subject to hydrolysis) is 1. The number of nitrogens with one attached hydrogen (secondary N) is 2. The van der Waals surface area contributed by atoms with Gasteiger partial charge in [-0.25, -0.2) is 4.79 Å². The fourth-order valence-corrected chi connectivity index (χ4v) is 5.67. The van der Waals surface area contributed by atoms with Gasteiger partial charge in [-0.1, -0.05) is 92.9 Å². The Kier molecular flexibility index (Phi) is 12.8. The van der Waals surface area contributed by atoms with Crippen molar-refractivity contribution in [2.45, 2.75) is 105 Å². The first kappa shape index (κ1) is 35.4. The van der Waals surface area contributed by atoms with Crippen molar-refractivity contribution in [1.29, 1.82) is 0 Å². The normalized spacial score (nSPS) is 12.6. The van der Waals surface area contributed by atoms with E-state index in [-0.39, 0.29) is 18.2 Å². The fraction of sp³-hybridized carbons (Fsp3) is 0.447. The zero-order valence-electron chi connectivity index (χ0n) is 28.3. The van der Waals surface area contributed by atoms with Crippen molar-refractivity contribution in [2.75, 3.05) is 11.9 Å². The summed E-state index contributed by atoms with van der Waals surface area (Å²) < 4.78 is 5.58. The van der Waals surface area contributed by atoms with Crippen LogP contribution in [0.4, 0.5) is 10.5 Å². The Bertz CT molecular complexity index is 1400. The highest BCUT2D eigenvalue weighted by Crippen LogP contribution is 2.31. The van der Waals surface area contributed by atoms with E-state index in [0.717, 1.165) is 64.8 Å². The molecule has 0 aliphatic rings. The summed E-state index contributed by atoms with van der Waals surface area (Å²) in [5, 5.41) is 6.05. The lowest BCUT2D eigenvalue weighted by molar-refractivity contribution is -0.141. The molecular formula is C38H51N3O4. The van der Waals surface area contributed by atoms with Crippen LogP contribution in [0.1, 0.15) is 92.8 Å². The minimum absolute atomic E-state index is 0.252. The molecule has 0 fully saturated rings. The Balaban J connectivity index is 2.15. The SMILES string of the molecule is CCCCCCN(C(=O)C(Cc1ccccc1)NC(=O)OC(C)(C)C)C(C(=O)Nc1c(C)cccc1C)c1c(C)cccc1C. The summed E-state index contributed by atoms with van der Waals surface area (Å²) in [7, 11) is 0. The molecule has 2 N–H and O–H groups in total. The highest BCUT2D eigenvalue weighted by molar-refractivity contribution is 6.00. The number of carbonyl (C=O) groups excluding carboxylic acids is 3. The van der Waals surface area contributed by atoms with Gasteiger partial charge in [0.05, 0.1) is 0 Å². The second-order valence-electron chi connectivity index (χ2n) is 12.9. The van der Waals surface area contributed by atoms with Crippen LogP contribution in [-0.4, -0.2) is 41.0 Å². The number of rotatable bonds is 13. The van der Waals surface area contributed by atoms with Crippen LogP contribution < -0.4 is 10.6 Å². The third-order valence-electron chi connectivity index (χ3n) is 7.91. The molecule has 0 saturated heterocycles. The standard InChI is InChI=1S/C38H51N3O4/c1-9-10-11-15-24-41(36(43)31(25-30-22-13-12-14-23-30)39-37(44)45-38(6,7)8)34(32-26(2)18-16-19-27(32)3)35(42)40-33-28(4)20-17-21-29(33)5/h12-14,16-23,31,34H,9-11,15,24-25H2,1-8H3,(H,39,44)(H,40,42). The third-order valence-corrected chi connectivity index (χ3v) is 7.91. The molecule has 3 aromatic rings. The van der Waals surface area contributed by atoms with Gasteiger partial charge in [-0.2, -0.15) is 0 Å². The van der Waals surface area contributed by atoms with Crippen LogP contribution in [0.2, 0.25) is 0 Å². The summed E-state index contributed by atoms with van der Waals surface area (Å²) in [5.41, 5.74) is 5.41. The molecule has 0 radical (unpaired) electrons. The Labute approximate surface area is 269 Å². The molecule has 0 aliphatic carbocycles. The van der Waals surface area contributed by atoms with E-state index < -0.39 is 23.8 Å². The number of hydrogen-bond acceptors (Lipinski definition) is 4. The molecule has 242 valence electrons. The maximum atomic E-state index is 14.8. The molecule has 3 rings (SSSR count). The van der Waals surface area contributed by atoms with Gasteiger partial charge in [0, 0.05) is 18.7 Å². The van der Waals surface area contributed by atoms with Gasteiger partial charge in [0.25, 0.3) is 5.91 Å². The maximum absolute atomic E-state index is 14.8. The average Bonchev–Trinajstić information content (AvgIpc) is 2.96. The number of carbonyl (C=O) groups is 3. The van der Waals surface area contributed by atoms with Gasteiger partial charge < -0.3 is 20.3 Å². The molecule has 2 atom stereocenters. The van der Waals surface area contributed by atoms with Crippen molar-refractivity contribution in [1.82, 2.24) is 10.2 Å². The van der Waals surface area contributed by atoms with E-state index >= 15 is 0 Å². The lowest BCUT2D eigenvalue weighted by Gasteiger charge is -2.36. The number of aryl methyl sites for hydroxylation is 4. The van der Waals surface area contributed by atoms with Crippen LogP contribution in [0, 0.1) is 27.7 Å². The minimum atomic E-state index is -0.951. The van der Waals surface area contributed by atoms with Crippen molar-refractivity contribution < 1.29 is 19.1 Å². The minimum Gasteiger partial charge on any atom is -0.444 e. The van der Waals surface area contributed by atoms with Gasteiger partial charge >= 0.3 is 6.09 Å². The van der Waals surface area contributed by atoms with Crippen LogP contribution in [0.5, 0.6) is 0 Å². The smallest absolute Gasteiger partial charge is 0.408 e. The first-order valence-electron chi connectivity index (χ1n) is 16.1. The van der Waals surface area contributed by atoms with Crippen molar-refractivity contribution in [2.24, 2.45) is 0 Å². The topological polar surface area (TPSA) is 87.7 Å². The van der Waals surface area contributed by atoms with Crippen LogP contribution in [0.25, 0.3) is 0 Å². The molecule has 0 spiro atoms. The molecule has 2 unspecified atom stereocenters. The highest BCUT2D eigenvalue weighted by atomic mass is 16.6. The van der Waals surface area contributed by atoms with E-state index in [9.17, 15) is 14.4 Å². The predicted octanol–water partition coefficient (Wildman–Crippen LogP) is 8.14. The summed E-state index contributed by atoms with van der Waals surface area (Å²) in [6, 6.07) is 19.5. The predicted molar refractivity (Wildman–Crippen MR) is 182 cm³/mol. The number of para-hydroxylation sites is 1. The number of amides is 3. The molecule has 0 aliphatic heterocycles. The van der Waals surface area contributed by atoms with Gasteiger partial charge in [0.1, 0.15) is 17.7 Å². The number of hydrogen-bond donors (Lipinski definition) is 2. The molecule has 3 aromatic carbocycles. The van der Waals surface area contributed by atoms with Gasteiger partial charge in [-0.05, 0) is 88.3 Å². The average molecular weight is 614 g/mol. The van der Waals surface area contributed by atoms with Gasteiger partial charge in [0.2, 0.25) is 5.91 Å². The van der Waals surface area contributed by atoms with E-state index in [1.54, 1.807) is 25.7 Å².